The first-order valence-corrected chi connectivity index (χ1v) is 6.17. The van der Waals surface area contributed by atoms with Crippen molar-refractivity contribution in [3.05, 3.63) is 24.2 Å². The molecular weight excluding hydrogens is 224 g/mol. The first kappa shape index (κ1) is 12.6. The van der Waals surface area contributed by atoms with Crippen molar-refractivity contribution in [2.45, 2.75) is 44.1 Å². The van der Waals surface area contributed by atoms with Gasteiger partial charge in [-0.1, -0.05) is 0 Å². The Bertz CT molecular complexity index is 337. The Kier molecular flexibility index (Phi) is 3.82. The molecule has 0 aliphatic heterocycles. The minimum atomic E-state index is -2.48. The summed E-state index contributed by atoms with van der Waals surface area (Å²) >= 11 is 0. The Labute approximate surface area is 100 Å². The molecule has 1 N–H and O–H groups in total. The number of rotatable bonds is 4. The number of nitrogens with one attached hydrogen (secondary N) is 1. The van der Waals surface area contributed by atoms with Crippen molar-refractivity contribution in [1.82, 2.24) is 5.32 Å². The van der Waals surface area contributed by atoms with Crippen LogP contribution < -0.4 is 5.32 Å². The van der Waals surface area contributed by atoms with E-state index < -0.39 is 5.92 Å². The molecule has 0 aromatic carbocycles. The van der Waals surface area contributed by atoms with Crippen LogP contribution in [0.15, 0.2) is 23.0 Å². The highest BCUT2D eigenvalue weighted by atomic mass is 19.3. The number of likely N-dealkylation sites (N-methyl/N-ethyl adjacent to an activating group) is 1. The molecule has 1 aromatic heterocycles. The van der Waals surface area contributed by atoms with Gasteiger partial charge in [0.05, 0.1) is 12.5 Å². The maximum atomic E-state index is 13.4. The first-order chi connectivity index (χ1) is 8.11. The van der Waals surface area contributed by atoms with Crippen LogP contribution in [0.25, 0.3) is 0 Å². The van der Waals surface area contributed by atoms with Crippen LogP contribution in [0.5, 0.6) is 0 Å². The lowest BCUT2D eigenvalue weighted by Gasteiger charge is -2.34. The fraction of sp³-hybridized carbons (Fsp3) is 0.692. The Morgan fingerprint density at radius 3 is 3.00 bits per heavy atom. The lowest BCUT2D eigenvalue weighted by Crippen LogP contribution is -2.41. The van der Waals surface area contributed by atoms with Gasteiger partial charge < -0.3 is 9.73 Å². The molecule has 1 saturated carbocycles. The lowest BCUT2D eigenvalue weighted by molar-refractivity contribution is -0.0577. The second-order valence-corrected chi connectivity index (χ2v) is 4.94. The lowest BCUT2D eigenvalue weighted by atomic mass is 9.80. The summed E-state index contributed by atoms with van der Waals surface area (Å²) in [7, 11) is 1.84. The molecule has 2 atom stereocenters. The molecule has 0 bridgehead atoms. The van der Waals surface area contributed by atoms with Gasteiger partial charge in [0.25, 0.3) is 0 Å². The molecule has 1 aliphatic carbocycles. The maximum absolute atomic E-state index is 13.4. The van der Waals surface area contributed by atoms with Crippen molar-refractivity contribution < 1.29 is 13.2 Å². The maximum Gasteiger partial charge on any atom is 0.248 e. The van der Waals surface area contributed by atoms with Gasteiger partial charge in [-0.2, -0.15) is 0 Å². The summed E-state index contributed by atoms with van der Waals surface area (Å²) < 4.78 is 31.8. The molecule has 1 fully saturated rings. The molecule has 0 radical (unpaired) electrons. The van der Waals surface area contributed by atoms with E-state index in [0.717, 1.165) is 18.4 Å². The average Bonchev–Trinajstić information content (AvgIpc) is 2.77. The van der Waals surface area contributed by atoms with E-state index in [2.05, 4.69) is 5.32 Å². The van der Waals surface area contributed by atoms with E-state index in [1.165, 1.54) is 0 Å². The summed E-state index contributed by atoms with van der Waals surface area (Å²) in [4.78, 5) is 0. The summed E-state index contributed by atoms with van der Waals surface area (Å²) in [5.74, 6) is -2.42. The van der Waals surface area contributed by atoms with Crippen molar-refractivity contribution in [1.29, 1.82) is 0 Å². The van der Waals surface area contributed by atoms with Crippen LogP contribution in [-0.4, -0.2) is 19.0 Å². The largest absolute Gasteiger partial charge is 0.472 e. The zero-order valence-electron chi connectivity index (χ0n) is 10.1. The molecule has 2 nitrogen and oxygen atoms in total. The van der Waals surface area contributed by atoms with Crippen LogP contribution in [0.4, 0.5) is 8.78 Å². The summed E-state index contributed by atoms with van der Waals surface area (Å²) in [5.41, 5.74) is 1.07. The van der Waals surface area contributed by atoms with Crippen molar-refractivity contribution in [2.75, 3.05) is 7.05 Å². The fourth-order valence-corrected chi connectivity index (χ4v) is 2.72. The molecule has 0 spiro atoms. The van der Waals surface area contributed by atoms with Gasteiger partial charge in [-0.3, -0.25) is 0 Å². The number of furan rings is 1. The molecule has 17 heavy (non-hydrogen) atoms. The van der Waals surface area contributed by atoms with Crippen LogP contribution in [-0.2, 0) is 6.42 Å². The highest BCUT2D eigenvalue weighted by molar-refractivity contribution is 5.08. The van der Waals surface area contributed by atoms with Crippen LogP contribution in [0, 0.1) is 5.92 Å². The van der Waals surface area contributed by atoms with Gasteiger partial charge >= 0.3 is 0 Å². The normalized spacial score (nSPS) is 25.7. The van der Waals surface area contributed by atoms with Crippen LogP contribution in [0.3, 0.4) is 0 Å². The standard InChI is InChI=1S/C13H19F2NO/c1-16-12(7-10-4-6-17-9-10)11-3-2-5-13(14,15)8-11/h4,6,9,11-12,16H,2-3,5,7-8H2,1H3. The molecule has 1 aliphatic rings. The van der Waals surface area contributed by atoms with Gasteiger partial charge in [0, 0.05) is 18.9 Å². The van der Waals surface area contributed by atoms with E-state index in [1.54, 1.807) is 12.5 Å². The number of hydrogen-bond donors (Lipinski definition) is 1. The van der Waals surface area contributed by atoms with Gasteiger partial charge in [-0.15, -0.1) is 0 Å². The molecular formula is C13H19F2NO. The quantitative estimate of drug-likeness (QED) is 0.878. The Morgan fingerprint density at radius 1 is 1.59 bits per heavy atom. The van der Waals surface area contributed by atoms with E-state index in [9.17, 15) is 8.78 Å². The van der Waals surface area contributed by atoms with E-state index >= 15 is 0 Å². The van der Waals surface area contributed by atoms with Gasteiger partial charge in [0.15, 0.2) is 0 Å². The molecule has 4 heteroatoms. The zero-order valence-corrected chi connectivity index (χ0v) is 10.1. The van der Waals surface area contributed by atoms with Crippen LogP contribution in [0.2, 0.25) is 0 Å². The van der Waals surface area contributed by atoms with Crippen molar-refractivity contribution >= 4 is 0 Å². The molecule has 96 valence electrons. The Balaban J connectivity index is 1.98. The van der Waals surface area contributed by atoms with Crippen molar-refractivity contribution in [3.8, 4) is 0 Å². The first-order valence-electron chi connectivity index (χ1n) is 6.17. The van der Waals surface area contributed by atoms with Crippen molar-refractivity contribution in [2.24, 2.45) is 5.92 Å². The molecule has 2 rings (SSSR count). The molecule has 0 amide bonds. The smallest absolute Gasteiger partial charge is 0.248 e. The predicted molar refractivity (Wildman–Crippen MR) is 62.2 cm³/mol. The van der Waals surface area contributed by atoms with Gasteiger partial charge in [-0.05, 0) is 43.9 Å². The second kappa shape index (κ2) is 5.17. The molecule has 2 unspecified atom stereocenters. The molecule has 1 heterocycles. The number of hydrogen-bond acceptors (Lipinski definition) is 2. The fourth-order valence-electron chi connectivity index (χ4n) is 2.72. The highest BCUT2D eigenvalue weighted by Crippen LogP contribution is 2.38. The van der Waals surface area contributed by atoms with Gasteiger partial charge in [-0.25, -0.2) is 8.78 Å². The van der Waals surface area contributed by atoms with Crippen LogP contribution in [0.1, 0.15) is 31.2 Å². The zero-order chi connectivity index (χ0) is 12.3. The SMILES string of the molecule is CNC(Cc1ccoc1)C1CCCC(F)(F)C1. The summed E-state index contributed by atoms with van der Waals surface area (Å²) in [6.07, 6.45) is 5.64. The van der Waals surface area contributed by atoms with E-state index in [0.29, 0.717) is 6.42 Å². The summed E-state index contributed by atoms with van der Waals surface area (Å²) in [6.45, 7) is 0. The second-order valence-electron chi connectivity index (χ2n) is 4.94. The Morgan fingerprint density at radius 2 is 2.41 bits per heavy atom. The average molecular weight is 243 g/mol. The van der Waals surface area contributed by atoms with Crippen LogP contribution >= 0.6 is 0 Å². The van der Waals surface area contributed by atoms with E-state index in [4.69, 9.17) is 4.42 Å². The van der Waals surface area contributed by atoms with Gasteiger partial charge in [0.1, 0.15) is 0 Å². The third kappa shape index (κ3) is 3.28. The summed E-state index contributed by atoms with van der Waals surface area (Å²) in [5, 5.41) is 3.17. The molecule has 0 saturated heterocycles. The van der Waals surface area contributed by atoms with E-state index in [-0.39, 0.29) is 24.8 Å². The highest BCUT2D eigenvalue weighted by Gasteiger charge is 2.38. The van der Waals surface area contributed by atoms with Gasteiger partial charge in [0.2, 0.25) is 5.92 Å². The molecule has 1 aromatic rings. The predicted octanol–water partition coefficient (Wildman–Crippen LogP) is 3.24. The minimum Gasteiger partial charge on any atom is -0.472 e. The van der Waals surface area contributed by atoms with Crippen molar-refractivity contribution in [3.63, 3.8) is 0 Å². The third-order valence-corrected chi connectivity index (χ3v) is 3.65. The third-order valence-electron chi connectivity index (χ3n) is 3.65. The monoisotopic (exact) mass is 243 g/mol. The Hall–Kier alpha value is -0.900. The summed E-state index contributed by atoms with van der Waals surface area (Å²) in [6, 6.07) is 2.00. The number of halogens is 2. The van der Waals surface area contributed by atoms with E-state index in [1.807, 2.05) is 13.1 Å². The number of alkyl halides is 2. The topological polar surface area (TPSA) is 25.2 Å². The minimum absolute atomic E-state index is 0.0103.